The van der Waals surface area contributed by atoms with Crippen LogP contribution in [0.15, 0.2) is 60.9 Å². The molecule has 2 amide bonds. The fourth-order valence-electron chi connectivity index (χ4n) is 4.95. The number of carbonyl (C=O) groups is 3. The van der Waals surface area contributed by atoms with Gasteiger partial charge in [-0.15, -0.1) is 0 Å². The number of fused-ring (bicyclic) bond motifs is 1. The van der Waals surface area contributed by atoms with E-state index >= 15 is 0 Å². The summed E-state index contributed by atoms with van der Waals surface area (Å²) in [5.74, 6) is 5.02. The van der Waals surface area contributed by atoms with E-state index in [1.54, 1.807) is 12.3 Å². The average molecular weight is 561 g/mol. The minimum absolute atomic E-state index is 0.00945. The summed E-state index contributed by atoms with van der Waals surface area (Å²) in [4.78, 5) is 42.7. The van der Waals surface area contributed by atoms with Gasteiger partial charge < -0.3 is 30.8 Å². The summed E-state index contributed by atoms with van der Waals surface area (Å²) >= 11 is 0. The van der Waals surface area contributed by atoms with Crippen LogP contribution in [0, 0.1) is 5.92 Å². The second-order valence-electron chi connectivity index (χ2n) is 9.91. The van der Waals surface area contributed by atoms with Crippen molar-refractivity contribution in [2.75, 3.05) is 25.6 Å². The van der Waals surface area contributed by atoms with E-state index in [9.17, 15) is 14.4 Å². The maximum absolute atomic E-state index is 13.6. The summed E-state index contributed by atoms with van der Waals surface area (Å²) in [7, 11) is 1.25. The molecule has 1 aliphatic rings. The van der Waals surface area contributed by atoms with Gasteiger partial charge in [-0.05, 0) is 47.2 Å². The molecule has 1 aliphatic carbocycles. The Hall–Kier alpha value is -4.64. The van der Waals surface area contributed by atoms with E-state index in [2.05, 4.69) is 20.4 Å². The zero-order valence-corrected chi connectivity index (χ0v) is 23.1. The molecule has 3 aromatic rings. The van der Waals surface area contributed by atoms with Crippen molar-refractivity contribution in [1.29, 1.82) is 0 Å². The number of pyridine rings is 1. The van der Waals surface area contributed by atoms with Gasteiger partial charge in [-0.25, -0.2) is 15.6 Å². The van der Waals surface area contributed by atoms with Crippen molar-refractivity contribution in [1.82, 2.24) is 15.3 Å². The molecule has 1 saturated carbocycles. The lowest BCUT2D eigenvalue weighted by atomic mass is 9.89. The highest BCUT2D eigenvalue weighted by Crippen LogP contribution is 2.27. The molecule has 0 bridgehead atoms. The monoisotopic (exact) mass is 560 g/mol. The highest BCUT2D eigenvalue weighted by molar-refractivity contribution is 6.15. The summed E-state index contributed by atoms with van der Waals surface area (Å²) in [6.07, 6.45) is 8.55. The Balaban J connectivity index is 1.59. The van der Waals surface area contributed by atoms with Gasteiger partial charge in [0.15, 0.2) is 12.3 Å². The molecule has 0 unspecified atom stereocenters. The maximum Gasteiger partial charge on any atom is 0.343 e. The zero-order valence-electron chi connectivity index (χ0n) is 23.1. The van der Waals surface area contributed by atoms with Crippen LogP contribution in [0.25, 0.3) is 10.8 Å². The molecule has 0 aliphatic heterocycles. The number of rotatable bonds is 11. The lowest BCUT2D eigenvalue weighted by molar-refractivity contribution is -0.143. The molecule has 11 heteroatoms. The molecular weight excluding hydrogens is 524 g/mol. The molecule has 0 atom stereocenters. The van der Waals surface area contributed by atoms with Crippen LogP contribution in [0.4, 0.5) is 5.69 Å². The summed E-state index contributed by atoms with van der Waals surface area (Å²) < 4.78 is 10.0. The van der Waals surface area contributed by atoms with Crippen LogP contribution in [0.5, 0.6) is 5.88 Å². The van der Waals surface area contributed by atoms with E-state index in [0.717, 1.165) is 42.0 Å². The van der Waals surface area contributed by atoms with Gasteiger partial charge in [0.1, 0.15) is 0 Å². The topological polar surface area (TPSA) is 162 Å². The molecular formula is C30H36N6O5. The van der Waals surface area contributed by atoms with Crippen molar-refractivity contribution < 1.29 is 23.9 Å². The van der Waals surface area contributed by atoms with Gasteiger partial charge in [0.2, 0.25) is 5.88 Å². The highest BCUT2D eigenvalue weighted by Gasteiger charge is 2.21. The van der Waals surface area contributed by atoms with Crippen molar-refractivity contribution >= 4 is 34.2 Å². The Kier molecular flexibility index (Phi) is 10.1. The number of nitrogens with two attached hydrogens (primary N) is 2. The molecule has 0 saturated heterocycles. The van der Waals surface area contributed by atoms with E-state index in [-0.39, 0.29) is 23.9 Å². The molecule has 0 spiro atoms. The predicted octanol–water partition coefficient (Wildman–Crippen LogP) is 3.45. The number of hydrazine groups is 1. The fraction of sp³-hybridized carbons (Fsp3) is 0.333. The number of amides is 2. The first-order valence-electron chi connectivity index (χ1n) is 13.6. The number of benzene rings is 2. The van der Waals surface area contributed by atoms with Crippen molar-refractivity contribution in [3.8, 4) is 5.88 Å². The standard InChI is InChI=1S/C30H36N6O5/c1-40-27(37)19-41-26-14-13-25(28(35-26)30(39)33-17-20-7-3-2-4-8-20)34-29(38)24-12-11-21(18-36(32)16-15-31)22-9-5-6-10-23(22)24/h5-6,9-16,20H,2-4,7-8,17-19,31-32H2,1H3,(H,33,39)(H,34,38)/b16-15-. The number of methoxy groups -OCH3 is 1. The Morgan fingerprint density at radius 3 is 2.51 bits per heavy atom. The molecule has 41 heavy (non-hydrogen) atoms. The molecule has 0 radical (unpaired) electrons. The molecule has 216 valence electrons. The second-order valence-corrected chi connectivity index (χ2v) is 9.91. The Labute approximate surface area is 238 Å². The lowest BCUT2D eigenvalue weighted by Crippen LogP contribution is -2.32. The van der Waals surface area contributed by atoms with E-state index in [4.69, 9.17) is 16.3 Å². The summed E-state index contributed by atoms with van der Waals surface area (Å²) in [5, 5.41) is 8.84. The van der Waals surface area contributed by atoms with Crippen LogP contribution in [-0.4, -0.2) is 48.0 Å². The highest BCUT2D eigenvalue weighted by atomic mass is 16.6. The lowest BCUT2D eigenvalue weighted by Gasteiger charge is -2.22. The number of nitrogens with one attached hydrogen (secondary N) is 2. The number of esters is 1. The second kappa shape index (κ2) is 14.1. The maximum atomic E-state index is 13.6. The Bertz CT molecular complexity index is 1420. The molecule has 1 aromatic heterocycles. The number of anilines is 1. The third kappa shape index (κ3) is 7.73. The van der Waals surface area contributed by atoms with Crippen LogP contribution in [-0.2, 0) is 16.1 Å². The Morgan fingerprint density at radius 2 is 1.78 bits per heavy atom. The number of hydrogen-bond acceptors (Lipinski definition) is 9. The van der Waals surface area contributed by atoms with Gasteiger partial charge >= 0.3 is 5.97 Å². The number of hydrogen-bond donors (Lipinski definition) is 4. The summed E-state index contributed by atoms with van der Waals surface area (Å²) in [5.41, 5.74) is 6.99. The third-order valence-corrected chi connectivity index (χ3v) is 7.06. The SMILES string of the molecule is COC(=O)COc1ccc(NC(=O)c2ccc(CN(N)/C=C\N)c3ccccc23)c(C(=O)NCC2CCCCC2)n1. The van der Waals surface area contributed by atoms with Crippen molar-refractivity contribution in [3.63, 3.8) is 0 Å². The number of ether oxygens (including phenoxy) is 2. The third-order valence-electron chi connectivity index (χ3n) is 7.06. The fourth-order valence-corrected chi connectivity index (χ4v) is 4.95. The quantitative estimate of drug-likeness (QED) is 0.156. The summed E-state index contributed by atoms with van der Waals surface area (Å²) in [6, 6.07) is 14.1. The first-order valence-corrected chi connectivity index (χ1v) is 13.6. The van der Waals surface area contributed by atoms with Gasteiger partial charge in [0.05, 0.1) is 19.3 Å². The molecule has 6 N–H and O–H groups in total. The number of carbonyl (C=O) groups excluding carboxylic acids is 3. The Morgan fingerprint density at radius 1 is 1.02 bits per heavy atom. The van der Waals surface area contributed by atoms with Gasteiger partial charge in [-0.3, -0.25) is 9.59 Å². The largest absolute Gasteiger partial charge is 0.466 e. The predicted molar refractivity (Wildman–Crippen MR) is 156 cm³/mol. The van der Waals surface area contributed by atoms with Crippen LogP contribution >= 0.6 is 0 Å². The molecule has 2 aromatic carbocycles. The van der Waals surface area contributed by atoms with Gasteiger partial charge in [0.25, 0.3) is 11.8 Å². The average Bonchev–Trinajstić information content (AvgIpc) is 2.99. The molecule has 1 fully saturated rings. The smallest absolute Gasteiger partial charge is 0.343 e. The molecule has 1 heterocycles. The van der Waals surface area contributed by atoms with E-state index in [0.29, 0.717) is 24.6 Å². The van der Waals surface area contributed by atoms with Gasteiger partial charge in [0, 0.05) is 30.6 Å². The van der Waals surface area contributed by atoms with E-state index in [1.807, 2.05) is 30.3 Å². The first-order chi connectivity index (χ1) is 19.9. The van der Waals surface area contributed by atoms with Gasteiger partial charge in [-0.2, -0.15) is 0 Å². The van der Waals surface area contributed by atoms with E-state index < -0.39 is 17.8 Å². The molecule has 4 rings (SSSR count). The number of nitrogens with zero attached hydrogens (tertiary/aromatic N) is 2. The van der Waals surface area contributed by atoms with Gasteiger partial charge in [-0.1, -0.05) is 49.6 Å². The zero-order chi connectivity index (χ0) is 29.2. The number of aromatic nitrogens is 1. The normalized spacial score (nSPS) is 13.6. The minimum Gasteiger partial charge on any atom is -0.466 e. The van der Waals surface area contributed by atoms with Crippen molar-refractivity contribution in [2.24, 2.45) is 17.5 Å². The van der Waals surface area contributed by atoms with Crippen LogP contribution in [0.1, 0.15) is 58.5 Å². The van der Waals surface area contributed by atoms with Crippen LogP contribution < -0.4 is 26.9 Å². The van der Waals surface area contributed by atoms with E-state index in [1.165, 1.54) is 36.9 Å². The molecule has 11 nitrogen and oxygen atoms in total. The van der Waals surface area contributed by atoms with Crippen LogP contribution in [0.3, 0.4) is 0 Å². The first kappa shape index (κ1) is 29.3. The van der Waals surface area contributed by atoms with Crippen molar-refractivity contribution in [2.45, 2.75) is 38.6 Å². The minimum atomic E-state index is -0.584. The van der Waals surface area contributed by atoms with Crippen LogP contribution in [0.2, 0.25) is 0 Å². The summed E-state index contributed by atoms with van der Waals surface area (Å²) in [6.45, 7) is 0.543. The van der Waals surface area contributed by atoms with Crippen molar-refractivity contribution in [3.05, 3.63) is 77.8 Å².